The van der Waals surface area contributed by atoms with Crippen molar-refractivity contribution in [1.82, 2.24) is 4.98 Å². The van der Waals surface area contributed by atoms with Crippen molar-refractivity contribution < 1.29 is 26.9 Å². The first-order valence-corrected chi connectivity index (χ1v) is 24.3. The monoisotopic (exact) mass is 1080 g/mol. The number of para-hydroxylation sites is 2. The minimum Gasteiger partial charge on any atom is -0.345 e. The minimum atomic E-state index is -3.24. The molecule has 0 aliphatic rings. The van der Waals surface area contributed by atoms with Gasteiger partial charge < -0.3 is 9.88 Å². The van der Waals surface area contributed by atoms with Crippen molar-refractivity contribution in [2.24, 2.45) is 0 Å². The average Bonchev–Trinajstić information content (AvgIpc) is 3.37. The van der Waals surface area contributed by atoms with Gasteiger partial charge in [-0.05, 0) is 87.5 Å². The van der Waals surface area contributed by atoms with E-state index >= 15 is 0 Å². The molecule has 338 valence electrons. The standard InChI is InChI=1S/C45H40NOP.C18H14N.Au/c1-44(2,3)38-23-17-35(18-24-38)42-31-37(32-43(46-42)36-19-25-39(26-20-36)45(4,5)6)34-21-27-41(28-22-34)48(47,40-15-11-8-12-16-40)30-29-33-13-9-7-10-14-33;1-4-10-16(11-5-1)19(17-12-6-2-7-13-17)18-14-8-3-9-15-18;/h7-17,19,21-28,31-32H,1-6H3;1-2,4-15H;/q-2;-1;+3. The number of pyridine rings is 1. The molecule has 0 N–H and O–H groups in total. The average molecular weight is 1080 g/mol. The largest absolute Gasteiger partial charge is 3.00 e. The molecule has 0 aliphatic heterocycles. The summed E-state index contributed by atoms with van der Waals surface area (Å²) < 4.78 is 14.7. The third kappa shape index (κ3) is 12.0. The summed E-state index contributed by atoms with van der Waals surface area (Å²) in [5.41, 5.74) is 15.5. The molecule has 5 heteroatoms. The van der Waals surface area contributed by atoms with E-state index < -0.39 is 7.14 Å². The van der Waals surface area contributed by atoms with Gasteiger partial charge in [0.2, 0.25) is 7.14 Å². The molecule has 0 radical (unpaired) electrons. The molecule has 8 aromatic carbocycles. The fourth-order valence-electron chi connectivity index (χ4n) is 7.65. The second kappa shape index (κ2) is 21.9. The Labute approximate surface area is 419 Å². The minimum absolute atomic E-state index is 0. The topological polar surface area (TPSA) is 33.2 Å². The van der Waals surface area contributed by atoms with E-state index in [1.807, 2.05) is 109 Å². The van der Waals surface area contributed by atoms with Crippen LogP contribution in [-0.2, 0) is 37.8 Å². The maximum Gasteiger partial charge on any atom is 3.00 e. The normalized spacial score (nSPS) is 11.9. The van der Waals surface area contributed by atoms with Crippen molar-refractivity contribution in [3.63, 3.8) is 0 Å². The van der Waals surface area contributed by atoms with Crippen LogP contribution in [0.15, 0.2) is 218 Å². The number of rotatable bonds is 8. The Morgan fingerprint density at radius 2 is 0.912 bits per heavy atom. The smallest absolute Gasteiger partial charge is 0.345 e. The van der Waals surface area contributed by atoms with Gasteiger partial charge in [-0.2, -0.15) is 18.2 Å². The van der Waals surface area contributed by atoms with Crippen molar-refractivity contribution in [2.75, 3.05) is 4.90 Å². The van der Waals surface area contributed by atoms with E-state index in [1.165, 1.54) is 11.1 Å². The van der Waals surface area contributed by atoms with Crippen molar-refractivity contribution in [1.29, 1.82) is 0 Å². The first kappa shape index (κ1) is 49.2. The summed E-state index contributed by atoms with van der Waals surface area (Å²) >= 11 is 0. The maximum atomic E-state index is 14.7. The van der Waals surface area contributed by atoms with Crippen molar-refractivity contribution >= 4 is 34.8 Å². The fourth-order valence-corrected chi connectivity index (χ4v) is 9.65. The summed E-state index contributed by atoms with van der Waals surface area (Å²) in [6.45, 7) is 13.2. The van der Waals surface area contributed by atoms with Gasteiger partial charge in [0.15, 0.2) is 0 Å². The summed E-state index contributed by atoms with van der Waals surface area (Å²) in [7, 11) is -3.24. The third-order valence-electron chi connectivity index (χ3n) is 11.5. The molecule has 1 atom stereocenters. The van der Waals surface area contributed by atoms with E-state index in [1.54, 1.807) is 0 Å². The fraction of sp³-hybridized carbons (Fsp3) is 0.127. The van der Waals surface area contributed by atoms with Crippen LogP contribution in [-0.4, -0.2) is 4.98 Å². The second-order valence-corrected chi connectivity index (χ2v) is 20.9. The van der Waals surface area contributed by atoms with Crippen LogP contribution < -0.4 is 15.5 Å². The molecule has 0 saturated carbocycles. The summed E-state index contributed by atoms with van der Waals surface area (Å²) in [4.78, 5) is 7.34. The molecule has 0 aliphatic carbocycles. The second-order valence-electron chi connectivity index (χ2n) is 18.5. The Bertz CT molecular complexity index is 2950. The van der Waals surface area contributed by atoms with Crippen molar-refractivity contribution in [3.05, 3.63) is 253 Å². The zero-order valence-corrected chi connectivity index (χ0v) is 42.4. The number of benzene rings is 8. The Morgan fingerprint density at radius 1 is 0.485 bits per heavy atom. The van der Waals surface area contributed by atoms with Crippen LogP contribution in [0, 0.1) is 29.8 Å². The Kier molecular flexibility index (Phi) is 15.8. The van der Waals surface area contributed by atoms with Gasteiger partial charge in [0.1, 0.15) is 0 Å². The van der Waals surface area contributed by atoms with Gasteiger partial charge >= 0.3 is 22.4 Å². The zero-order valence-electron chi connectivity index (χ0n) is 39.3. The molecule has 0 bridgehead atoms. The van der Waals surface area contributed by atoms with E-state index in [0.29, 0.717) is 5.30 Å². The zero-order chi connectivity index (χ0) is 46.9. The molecule has 9 rings (SSSR count). The summed E-state index contributed by atoms with van der Waals surface area (Å²) in [5.74, 6) is 3.18. The van der Waals surface area contributed by atoms with Gasteiger partial charge in [-0.25, -0.2) is 0 Å². The van der Waals surface area contributed by atoms with E-state index in [9.17, 15) is 4.57 Å². The molecule has 0 amide bonds. The van der Waals surface area contributed by atoms with Crippen LogP contribution in [0.25, 0.3) is 33.6 Å². The predicted octanol–water partition coefficient (Wildman–Crippen LogP) is 15.6. The van der Waals surface area contributed by atoms with Crippen molar-refractivity contribution in [2.45, 2.75) is 52.4 Å². The van der Waals surface area contributed by atoms with Crippen LogP contribution in [0.2, 0.25) is 0 Å². The maximum absolute atomic E-state index is 14.7. The van der Waals surface area contributed by atoms with Crippen LogP contribution in [0.4, 0.5) is 17.1 Å². The Balaban J connectivity index is 0.000000285. The van der Waals surface area contributed by atoms with Crippen molar-refractivity contribution in [3.8, 4) is 45.2 Å². The predicted molar refractivity (Wildman–Crippen MR) is 282 cm³/mol. The Morgan fingerprint density at radius 3 is 1.35 bits per heavy atom. The first-order chi connectivity index (χ1) is 32.3. The SMILES string of the molecule is CC(C)(C)c1c[c-]c(-c2cc(-c3ccc(P(=O)(C#Cc4ccccc4)c4ccccc4)cc3)cc(-c3[c-]cc(C(C)(C)C)cc3)n2)cc1.[Au+3].[c-]1ccc(N(c2ccccc2)c2ccccc2)cc1. The molecular weight excluding hydrogens is 1030 g/mol. The van der Waals surface area contributed by atoms with Gasteiger partial charge in [-0.15, -0.1) is 82.9 Å². The van der Waals surface area contributed by atoms with Crippen LogP contribution in [0.3, 0.4) is 0 Å². The molecule has 9 aromatic rings. The number of hydrogen-bond donors (Lipinski definition) is 0. The molecular formula is C63H54AuN2OP. The molecule has 1 heterocycles. The number of anilines is 3. The van der Waals surface area contributed by atoms with Gasteiger partial charge in [0.05, 0.1) is 0 Å². The molecule has 1 unspecified atom stereocenters. The number of aromatic nitrogens is 1. The molecule has 68 heavy (non-hydrogen) atoms. The van der Waals surface area contributed by atoms with Gasteiger partial charge in [0, 0.05) is 27.5 Å². The number of hydrogen-bond acceptors (Lipinski definition) is 3. The number of nitrogens with zero attached hydrogens (tertiary/aromatic N) is 2. The molecule has 0 spiro atoms. The first-order valence-electron chi connectivity index (χ1n) is 22.6. The van der Waals surface area contributed by atoms with E-state index in [2.05, 4.69) is 185 Å². The molecule has 3 nitrogen and oxygen atoms in total. The quantitative estimate of drug-likeness (QED) is 0.0658. The summed E-state index contributed by atoms with van der Waals surface area (Å²) in [5, 5.41) is 1.42. The van der Waals surface area contributed by atoms with Gasteiger partial charge in [0.25, 0.3) is 0 Å². The molecule has 1 aromatic heterocycles. The van der Waals surface area contributed by atoms with Crippen LogP contribution in [0.5, 0.6) is 0 Å². The third-order valence-corrected chi connectivity index (χ3v) is 14.0. The summed E-state index contributed by atoms with van der Waals surface area (Å²) in [6.07, 6.45) is 0. The molecule has 0 fully saturated rings. The van der Waals surface area contributed by atoms with Gasteiger partial charge in [-0.1, -0.05) is 162 Å². The van der Waals surface area contributed by atoms with Gasteiger partial charge in [-0.3, -0.25) is 4.57 Å². The Hall–Kier alpha value is -6.76. The van der Waals surface area contributed by atoms with Crippen LogP contribution in [0.1, 0.15) is 58.2 Å². The van der Waals surface area contributed by atoms with Crippen LogP contribution >= 0.6 is 7.14 Å². The van der Waals surface area contributed by atoms with E-state index in [4.69, 9.17) is 4.98 Å². The molecule has 0 saturated heterocycles. The summed E-state index contributed by atoms with van der Waals surface area (Å²) in [6, 6.07) is 83.0. The van der Waals surface area contributed by atoms with E-state index in [-0.39, 0.29) is 33.2 Å². The van der Waals surface area contributed by atoms with E-state index in [0.717, 1.165) is 61.6 Å².